The molecule has 0 saturated carbocycles. The summed E-state index contributed by atoms with van der Waals surface area (Å²) in [5.74, 6) is -2.45. The van der Waals surface area contributed by atoms with Gasteiger partial charge < -0.3 is 14.6 Å². The van der Waals surface area contributed by atoms with Gasteiger partial charge >= 0.3 is 57.4 Å². The predicted molar refractivity (Wildman–Crippen MR) is 55.3 cm³/mol. The van der Waals surface area contributed by atoms with Crippen LogP contribution in [-0.2, 0) is 20.7 Å². The molecule has 5 heteroatoms. The Morgan fingerprint density at radius 2 is 1.88 bits per heavy atom. The van der Waals surface area contributed by atoms with Crippen molar-refractivity contribution in [1.82, 2.24) is 0 Å². The Labute approximate surface area is 143 Å². The molecule has 1 aromatic rings. The number of esters is 1. The third-order valence-electron chi connectivity index (χ3n) is 2.27. The second-order valence-electron chi connectivity index (χ2n) is 3.49. The molecule has 0 bridgehead atoms. The van der Waals surface area contributed by atoms with Crippen molar-refractivity contribution in [1.29, 1.82) is 0 Å². The number of rotatable bonds is 5. The van der Waals surface area contributed by atoms with E-state index < -0.39 is 17.9 Å². The van der Waals surface area contributed by atoms with E-state index in [1.54, 1.807) is 0 Å². The SMILES string of the molecule is COC(=O)[C@H](CC(=O)[O-])Cc1ccccc1.[K+]. The van der Waals surface area contributed by atoms with Crippen LogP contribution in [0.3, 0.4) is 0 Å². The van der Waals surface area contributed by atoms with Gasteiger partial charge in [-0.1, -0.05) is 30.3 Å². The standard InChI is InChI=1S/C12H14O4.K/c1-16-12(15)10(8-11(13)14)7-9-5-3-2-4-6-9;/h2-6,10H,7-8H2,1H3,(H,13,14);/q;+1/p-1/t10-;/m0./s1. The topological polar surface area (TPSA) is 66.4 Å². The van der Waals surface area contributed by atoms with E-state index >= 15 is 0 Å². The average Bonchev–Trinajstić information content (AvgIpc) is 2.28. The molecule has 0 heterocycles. The molecule has 0 amide bonds. The van der Waals surface area contributed by atoms with Gasteiger partial charge in [0.2, 0.25) is 0 Å². The van der Waals surface area contributed by atoms with Crippen molar-refractivity contribution in [3.63, 3.8) is 0 Å². The number of ether oxygens (including phenoxy) is 1. The Hall–Kier alpha value is -0.204. The molecule has 4 nitrogen and oxygen atoms in total. The maximum atomic E-state index is 11.3. The van der Waals surface area contributed by atoms with Gasteiger partial charge in [-0.05, 0) is 12.0 Å². The van der Waals surface area contributed by atoms with Crippen LogP contribution in [0.25, 0.3) is 0 Å². The molecule has 0 saturated heterocycles. The second kappa shape index (κ2) is 8.82. The first kappa shape index (κ1) is 16.8. The number of hydrogen-bond donors (Lipinski definition) is 0. The molecular weight excluding hydrogens is 247 g/mol. The number of hydrogen-bond acceptors (Lipinski definition) is 4. The van der Waals surface area contributed by atoms with Crippen LogP contribution in [0, 0.1) is 5.92 Å². The van der Waals surface area contributed by atoms with E-state index in [2.05, 4.69) is 4.74 Å². The molecule has 17 heavy (non-hydrogen) atoms. The van der Waals surface area contributed by atoms with E-state index in [1.807, 2.05) is 30.3 Å². The van der Waals surface area contributed by atoms with Gasteiger partial charge in [-0.3, -0.25) is 4.79 Å². The summed E-state index contributed by atoms with van der Waals surface area (Å²) < 4.78 is 4.56. The second-order valence-corrected chi connectivity index (χ2v) is 3.49. The molecule has 0 fully saturated rings. The Kier molecular flexibility index (Phi) is 8.72. The van der Waals surface area contributed by atoms with Crippen molar-refractivity contribution in [2.45, 2.75) is 12.8 Å². The Bertz CT molecular complexity index is 364. The van der Waals surface area contributed by atoms with E-state index in [4.69, 9.17) is 0 Å². The molecule has 0 spiro atoms. The minimum Gasteiger partial charge on any atom is -0.550 e. The van der Waals surface area contributed by atoms with Gasteiger partial charge in [-0.2, -0.15) is 0 Å². The van der Waals surface area contributed by atoms with Gasteiger partial charge in [-0.15, -0.1) is 0 Å². The fourth-order valence-electron chi connectivity index (χ4n) is 1.51. The summed E-state index contributed by atoms with van der Waals surface area (Å²) >= 11 is 0. The molecule has 0 aliphatic rings. The molecule has 0 N–H and O–H groups in total. The normalized spacial score (nSPS) is 11.1. The van der Waals surface area contributed by atoms with Gasteiger partial charge in [0.05, 0.1) is 13.0 Å². The molecule has 0 unspecified atom stereocenters. The largest absolute Gasteiger partial charge is 1.00 e. The van der Waals surface area contributed by atoms with Crippen molar-refractivity contribution in [2.24, 2.45) is 5.92 Å². The number of aliphatic carboxylic acids is 1. The first-order chi connectivity index (χ1) is 7.63. The number of methoxy groups -OCH3 is 1. The third kappa shape index (κ3) is 6.33. The molecule has 1 aromatic carbocycles. The number of carbonyl (C=O) groups excluding carboxylic acids is 2. The molecule has 0 aromatic heterocycles. The van der Waals surface area contributed by atoms with Crippen LogP contribution >= 0.6 is 0 Å². The molecule has 86 valence electrons. The van der Waals surface area contributed by atoms with E-state index in [9.17, 15) is 14.7 Å². The Balaban J connectivity index is 0.00000256. The van der Waals surface area contributed by atoms with Crippen LogP contribution in [0.2, 0.25) is 0 Å². The summed E-state index contributed by atoms with van der Waals surface area (Å²) in [6.07, 6.45) is 0.0308. The van der Waals surface area contributed by atoms with Crippen molar-refractivity contribution in [3.8, 4) is 0 Å². The van der Waals surface area contributed by atoms with Crippen LogP contribution in [0.15, 0.2) is 30.3 Å². The molecule has 0 aliphatic heterocycles. The Morgan fingerprint density at radius 3 is 2.35 bits per heavy atom. The summed E-state index contributed by atoms with van der Waals surface area (Å²) in [6, 6.07) is 9.21. The van der Waals surface area contributed by atoms with E-state index in [0.717, 1.165) is 5.56 Å². The van der Waals surface area contributed by atoms with Crippen LogP contribution in [0.5, 0.6) is 0 Å². The molecule has 1 rings (SSSR count). The fraction of sp³-hybridized carbons (Fsp3) is 0.333. The fourth-order valence-corrected chi connectivity index (χ4v) is 1.51. The first-order valence-electron chi connectivity index (χ1n) is 4.95. The minimum absolute atomic E-state index is 0. The zero-order valence-corrected chi connectivity index (χ0v) is 13.1. The first-order valence-corrected chi connectivity index (χ1v) is 4.95. The summed E-state index contributed by atoms with van der Waals surface area (Å²) in [6.45, 7) is 0. The maximum Gasteiger partial charge on any atom is 1.00 e. The van der Waals surface area contributed by atoms with E-state index in [0.29, 0.717) is 6.42 Å². The van der Waals surface area contributed by atoms with Crippen LogP contribution in [0.4, 0.5) is 0 Å². The summed E-state index contributed by atoms with van der Waals surface area (Å²) in [4.78, 5) is 21.8. The molecular formula is C12H13KO4. The number of carboxylic acid groups (broad SMARTS) is 1. The zero-order valence-electron chi connectivity index (χ0n) is 10.0. The zero-order chi connectivity index (χ0) is 12.0. The monoisotopic (exact) mass is 260 g/mol. The van der Waals surface area contributed by atoms with Crippen molar-refractivity contribution in [2.75, 3.05) is 7.11 Å². The quantitative estimate of drug-likeness (QED) is 0.422. The van der Waals surface area contributed by atoms with Gasteiger partial charge in [-0.25, -0.2) is 0 Å². The number of carboxylic acids is 1. The van der Waals surface area contributed by atoms with Gasteiger partial charge in [0.15, 0.2) is 0 Å². The Morgan fingerprint density at radius 1 is 1.29 bits per heavy atom. The van der Waals surface area contributed by atoms with Crippen LogP contribution in [0.1, 0.15) is 12.0 Å². The van der Waals surface area contributed by atoms with Crippen LogP contribution in [-0.4, -0.2) is 19.0 Å². The van der Waals surface area contributed by atoms with E-state index in [1.165, 1.54) is 7.11 Å². The summed E-state index contributed by atoms with van der Waals surface area (Å²) in [7, 11) is 1.25. The van der Waals surface area contributed by atoms with Crippen molar-refractivity contribution >= 4 is 11.9 Å². The van der Waals surface area contributed by atoms with Crippen molar-refractivity contribution in [3.05, 3.63) is 35.9 Å². The van der Waals surface area contributed by atoms with Crippen LogP contribution < -0.4 is 56.5 Å². The summed E-state index contributed by atoms with van der Waals surface area (Å²) in [5.41, 5.74) is 0.902. The average molecular weight is 260 g/mol. The number of benzene rings is 1. The van der Waals surface area contributed by atoms with Gasteiger partial charge in [0, 0.05) is 12.4 Å². The van der Waals surface area contributed by atoms with Crippen molar-refractivity contribution < 1.29 is 70.8 Å². The minimum atomic E-state index is -1.24. The molecule has 0 aliphatic carbocycles. The van der Waals surface area contributed by atoms with E-state index in [-0.39, 0.29) is 57.8 Å². The summed E-state index contributed by atoms with van der Waals surface area (Å²) in [5, 5.41) is 10.5. The third-order valence-corrected chi connectivity index (χ3v) is 2.27. The van der Waals surface area contributed by atoms with Gasteiger partial charge in [0.1, 0.15) is 0 Å². The van der Waals surface area contributed by atoms with Gasteiger partial charge in [0.25, 0.3) is 0 Å². The maximum absolute atomic E-state index is 11.3. The molecule has 0 radical (unpaired) electrons. The smallest absolute Gasteiger partial charge is 0.550 e. The molecule has 1 atom stereocenters. The predicted octanol–water partition coefficient (Wildman–Crippen LogP) is -2.84. The number of carbonyl (C=O) groups is 2.